The Morgan fingerprint density at radius 3 is 2.57 bits per heavy atom. The van der Waals surface area contributed by atoms with Crippen molar-refractivity contribution in [1.82, 2.24) is 4.98 Å². The molecule has 1 N–H and O–H groups in total. The molecular formula is C10H14N2OS. The summed E-state index contributed by atoms with van der Waals surface area (Å²) in [5.41, 5.74) is 1.11. The quantitative estimate of drug-likeness (QED) is 0.802. The summed E-state index contributed by atoms with van der Waals surface area (Å²) < 4.78 is 11.1. The van der Waals surface area contributed by atoms with Crippen LogP contribution in [0, 0.1) is 0 Å². The average molecular weight is 210 g/mol. The fourth-order valence-corrected chi connectivity index (χ4v) is 2.92. The van der Waals surface area contributed by atoms with Crippen molar-refractivity contribution in [2.75, 3.05) is 16.8 Å². The zero-order chi connectivity index (χ0) is 9.80. The molecule has 0 aliphatic carbocycles. The van der Waals surface area contributed by atoms with E-state index in [1.165, 1.54) is 0 Å². The van der Waals surface area contributed by atoms with Crippen molar-refractivity contribution in [2.45, 2.75) is 18.9 Å². The highest BCUT2D eigenvalue weighted by molar-refractivity contribution is 7.85. The fourth-order valence-electron chi connectivity index (χ4n) is 1.62. The first-order chi connectivity index (χ1) is 6.84. The summed E-state index contributed by atoms with van der Waals surface area (Å²) in [6.45, 7) is 0. The maximum absolute atomic E-state index is 11.1. The summed E-state index contributed by atoms with van der Waals surface area (Å²) >= 11 is 0. The van der Waals surface area contributed by atoms with Crippen LogP contribution < -0.4 is 5.32 Å². The smallest absolute Gasteiger partial charge is 0.0373 e. The fraction of sp³-hybridized carbons (Fsp3) is 0.500. The lowest BCUT2D eigenvalue weighted by atomic mass is 10.1. The van der Waals surface area contributed by atoms with Gasteiger partial charge in [-0.1, -0.05) is 0 Å². The number of pyridine rings is 1. The number of hydrogen-bond acceptors (Lipinski definition) is 3. The molecule has 0 spiro atoms. The van der Waals surface area contributed by atoms with Gasteiger partial charge in [0.15, 0.2) is 0 Å². The van der Waals surface area contributed by atoms with Gasteiger partial charge in [-0.15, -0.1) is 0 Å². The summed E-state index contributed by atoms with van der Waals surface area (Å²) in [7, 11) is -0.571. The van der Waals surface area contributed by atoms with Gasteiger partial charge >= 0.3 is 0 Å². The van der Waals surface area contributed by atoms with Crippen LogP contribution >= 0.6 is 0 Å². The Labute approximate surface area is 86.4 Å². The first kappa shape index (κ1) is 9.65. The minimum absolute atomic E-state index is 0.482. The average Bonchev–Trinajstić information content (AvgIpc) is 2.23. The lowest BCUT2D eigenvalue weighted by molar-refractivity contribution is 0.624. The molecule has 3 nitrogen and oxygen atoms in total. The van der Waals surface area contributed by atoms with Crippen molar-refractivity contribution in [2.24, 2.45) is 0 Å². The predicted octanol–water partition coefficient (Wildman–Crippen LogP) is 1.40. The van der Waals surface area contributed by atoms with Crippen LogP contribution in [0.4, 0.5) is 5.69 Å². The molecule has 2 rings (SSSR count). The second kappa shape index (κ2) is 4.55. The molecule has 2 heterocycles. The van der Waals surface area contributed by atoms with Crippen molar-refractivity contribution >= 4 is 16.5 Å². The van der Waals surface area contributed by atoms with Gasteiger partial charge in [-0.05, 0) is 25.0 Å². The van der Waals surface area contributed by atoms with Gasteiger partial charge in [0, 0.05) is 46.4 Å². The topological polar surface area (TPSA) is 42.0 Å². The van der Waals surface area contributed by atoms with E-state index >= 15 is 0 Å². The summed E-state index contributed by atoms with van der Waals surface area (Å²) in [6.07, 6.45) is 5.58. The summed E-state index contributed by atoms with van der Waals surface area (Å²) in [5, 5.41) is 3.43. The van der Waals surface area contributed by atoms with Crippen LogP contribution in [0.15, 0.2) is 24.5 Å². The van der Waals surface area contributed by atoms with Crippen molar-refractivity contribution in [3.63, 3.8) is 0 Å². The Balaban J connectivity index is 1.89. The molecule has 0 unspecified atom stereocenters. The highest BCUT2D eigenvalue weighted by Crippen LogP contribution is 2.15. The van der Waals surface area contributed by atoms with Gasteiger partial charge in [-0.3, -0.25) is 9.19 Å². The largest absolute Gasteiger partial charge is 0.382 e. The van der Waals surface area contributed by atoms with Crippen LogP contribution in [-0.2, 0) is 10.8 Å². The highest BCUT2D eigenvalue weighted by Gasteiger charge is 2.17. The maximum Gasteiger partial charge on any atom is 0.0373 e. The SMILES string of the molecule is O=S1CCC(Nc2ccncc2)CC1. The Bertz CT molecular complexity index is 305. The van der Waals surface area contributed by atoms with Crippen LogP contribution in [0.5, 0.6) is 0 Å². The molecule has 4 heteroatoms. The maximum atomic E-state index is 11.1. The molecule has 76 valence electrons. The monoisotopic (exact) mass is 210 g/mol. The third-order valence-corrected chi connectivity index (χ3v) is 3.82. The normalized spacial score (nSPS) is 27.1. The van der Waals surface area contributed by atoms with Crippen LogP contribution in [-0.4, -0.2) is 26.7 Å². The molecule has 0 saturated carbocycles. The second-order valence-electron chi connectivity index (χ2n) is 3.50. The van der Waals surface area contributed by atoms with Gasteiger partial charge in [0.2, 0.25) is 0 Å². The molecule has 1 fully saturated rings. The third kappa shape index (κ3) is 2.54. The van der Waals surface area contributed by atoms with Gasteiger partial charge in [-0.25, -0.2) is 0 Å². The Kier molecular flexibility index (Phi) is 3.14. The summed E-state index contributed by atoms with van der Waals surface area (Å²) in [4.78, 5) is 3.96. The second-order valence-corrected chi connectivity index (χ2v) is 5.20. The van der Waals surface area contributed by atoms with E-state index in [4.69, 9.17) is 0 Å². The molecule has 0 atom stereocenters. The van der Waals surface area contributed by atoms with Gasteiger partial charge in [0.1, 0.15) is 0 Å². The zero-order valence-corrected chi connectivity index (χ0v) is 8.80. The molecule has 1 aliphatic heterocycles. The first-order valence-electron chi connectivity index (χ1n) is 4.86. The van der Waals surface area contributed by atoms with Crippen molar-refractivity contribution in [1.29, 1.82) is 0 Å². The van der Waals surface area contributed by atoms with E-state index in [0.29, 0.717) is 6.04 Å². The minimum Gasteiger partial charge on any atom is -0.382 e. The predicted molar refractivity (Wildman–Crippen MR) is 58.8 cm³/mol. The van der Waals surface area contributed by atoms with Gasteiger partial charge in [-0.2, -0.15) is 0 Å². The van der Waals surface area contributed by atoms with Crippen LogP contribution in [0.1, 0.15) is 12.8 Å². The Morgan fingerprint density at radius 2 is 1.93 bits per heavy atom. The van der Waals surface area contributed by atoms with E-state index in [0.717, 1.165) is 30.0 Å². The minimum atomic E-state index is -0.571. The van der Waals surface area contributed by atoms with Crippen LogP contribution in [0.3, 0.4) is 0 Å². The van der Waals surface area contributed by atoms with E-state index in [1.54, 1.807) is 12.4 Å². The molecule has 0 bridgehead atoms. The Hall–Kier alpha value is -0.900. The molecule has 14 heavy (non-hydrogen) atoms. The van der Waals surface area contributed by atoms with E-state index in [9.17, 15) is 4.21 Å². The standard InChI is InChI=1S/C10H14N2OS/c13-14-7-3-10(4-8-14)12-9-1-5-11-6-2-9/h1-2,5-6,10H,3-4,7-8H2,(H,11,12). The molecule has 0 radical (unpaired) electrons. The van der Waals surface area contributed by atoms with E-state index in [-0.39, 0.29) is 0 Å². The number of anilines is 1. The van der Waals surface area contributed by atoms with Crippen molar-refractivity contribution in [3.8, 4) is 0 Å². The summed E-state index contributed by atoms with van der Waals surface area (Å²) in [5.74, 6) is 1.67. The molecule has 0 aromatic carbocycles. The van der Waals surface area contributed by atoms with Crippen LogP contribution in [0.2, 0.25) is 0 Å². The summed E-state index contributed by atoms with van der Waals surface area (Å²) in [6, 6.07) is 4.41. The van der Waals surface area contributed by atoms with Gasteiger partial charge in [0.05, 0.1) is 0 Å². The number of nitrogens with one attached hydrogen (secondary N) is 1. The third-order valence-electron chi connectivity index (χ3n) is 2.44. The lowest BCUT2D eigenvalue weighted by Crippen LogP contribution is -2.29. The molecule has 1 aromatic rings. The molecule has 0 amide bonds. The number of rotatable bonds is 2. The molecule has 1 aromatic heterocycles. The van der Waals surface area contributed by atoms with Crippen molar-refractivity contribution < 1.29 is 4.21 Å². The first-order valence-corrected chi connectivity index (χ1v) is 6.35. The van der Waals surface area contributed by atoms with Crippen molar-refractivity contribution in [3.05, 3.63) is 24.5 Å². The molecule has 1 aliphatic rings. The van der Waals surface area contributed by atoms with Gasteiger partial charge < -0.3 is 5.32 Å². The molecular weight excluding hydrogens is 196 g/mol. The lowest BCUT2D eigenvalue weighted by Gasteiger charge is -2.23. The number of hydrogen-bond donors (Lipinski definition) is 1. The zero-order valence-electron chi connectivity index (χ0n) is 7.98. The Morgan fingerprint density at radius 1 is 1.29 bits per heavy atom. The highest BCUT2D eigenvalue weighted by atomic mass is 32.2. The van der Waals surface area contributed by atoms with E-state index < -0.39 is 10.8 Å². The van der Waals surface area contributed by atoms with E-state index in [2.05, 4.69) is 10.3 Å². The van der Waals surface area contributed by atoms with Crippen LogP contribution in [0.25, 0.3) is 0 Å². The molecule has 1 saturated heterocycles. The number of nitrogens with zero attached hydrogens (tertiary/aromatic N) is 1. The van der Waals surface area contributed by atoms with E-state index in [1.807, 2.05) is 12.1 Å². The number of aromatic nitrogens is 1. The van der Waals surface area contributed by atoms with Gasteiger partial charge in [0.25, 0.3) is 0 Å².